The van der Waals surface area contributed by atoms with Crippen LogP contribution in [0, 0.1) is 0 Å². The molecular weight excluding hydrogens is 282 g/mol. The predicted molar refractivity (Wildman–Crippen MR) is 77.7 cm³/mol. The molecule has 1 aromatic heterocycles. The Morgan fingerprint density at radius 3 is 2.70 bits per heavy atom. The van der Waals surface area contributed by atoms with Crippen LogP contribution in [-0.4, -0.2) is 55.7 Å². The molecule has 0 aliphatic rings. The fourth-order valence-electron chi connectivity index (χ4n) is 1.36. The highest BCUT2D eigenvalue weighted by molar-refractivity contribution is 7.89. The van der Waals surface area contributed by atoms with Gasteiger partial charge in [0.1, 0.15) is 18.2 Å². The third-order valence-corrected chi connectivity index (χ3v) is 4.28. The number of anilines is 2. The standard InChI is InChI=1S/C11H21N5O3S/c1-4-19-8-11-14-9(12)7-10(15-11)13-5-6-20(17,18)16(2)3/h7H,4-6,8H2,1-3H3,(H3,12,13,14,15). The molecule has 0 atom stereocenters. The highest BCUT2D eigenvalue weighted by atomic mass is 32.2. The van der Waals surface area contributed by atoms with Crippen molar-refractivity contribution in [1.82, 2.24) is 14.3 Å². The summed E-state index contributed by atoms with van der Waals surface area (Å²) in [6.45, 7) is 2.94. The molecule has 0 amide bonds. The van der Waals surface area contributed by atoms with Crippen LogP contribution in [-0.2, 0) is 21.4 Å². The van der Waals surface area contributed by atoms with E-state index in [1.54, 1.807) is 6.07 Å². The Hall–Kier alpha value is -1.45. The van der Waals surface area contributed by atoms with E-state index in [1.165, 1.54) is 18.4 Å². The summed E-state index contributed by atoms with van der Waals surface area (Å²) < 4.78 is 29.6. The van der Waals surface area contributed by atoms with E-state index in [2.05, 4.69) is 15.3 Å². The smallest absolute Gasteiger partial charge is 0.215 e. The quantitative estimate of drug-likeness (QED) is 0.690. The third-order valence-electron chi connectivity index (χ3n) is 2.45. The summed E-state index contributed by atoms with van der Waals surface area (Å²) >= 11 is 0. The molecule has 1 aromatic rings. The van der Waals surface area contributed by atoms with Gasteiger partial charge in [-0.1, -0.05) is 0 Å². The number of hydrogen-bond acceptors (Lipinski definition) is 7. The first-order valence-corrected chi connectivity index (χ1v) is 7.81. The molecule has 0 aliphatic carbocycles. The lowest BCUT2D eigenvalue weighted by Crippen LogP contribution is -2.28. The molecule has 0 saturated heterocycles. The van der Waals surface area contributed by atoms with Crippen LogP contribution in [0.4, 0.5) is 11.6 Å². The van der Waals surface area contributed by atoms with Gasteiger partial charge in [0.15, 0.2) is 5.82 Å². The Labute approximate surface area is 119 Å². The van der Waals surface area contributed by atoms with E-state index in [4.69, 9.17) is 10.5 Å². The number of nitrogens with one attached hydrogen (secondary N) is 1. The van der Waals surface area contributed by atoms with Gasteiger partial charge in [-0.15, -0.1) is 0 Å². The Morgan fingerprint density at radius 1 is 1.40 bits per heavy atom. The maximum atomic E-state index is 11.6. The highest BCUT2D eigenvalue weighted by Crippen LogP contribution is 2.09. The van der Waals surface area contributed by atoms with Crippen molar-refractivity contribution in [3.8, 4) is 0 Å². The topological polar surface area (TPSA) is 110 Å². The molecule has 0 aliphatic heterocycles. The zero-order valence-corrected chi connectivity index (χ0v) is 12.8. The Balaban J connectivity index is 2.62. The number of rotatable bonds is 8. The van der Waals surface area contributed by atoms with Crippen molar-refractivity contribution in [3.63, 3.8) is 0 Å². The van der Waals surface area contributed by atoms with Gasteiger partial charge in [-0.2, -0.15) is 0 Å². The first-order chi connectivity index (χ1) is 9.35. The predicted octanol–water partition coefficient (Wildman–Crippen LogP) is -0.101. The van der Waals surface area contributed by atoms with Crippen LogP contribution in [0.25, 0.3) is 0 Å². The zero-order chi connectivity index (χ0) is 15.2. The molecule has 0 unspecified atom stereocenters. The minimum atomic E-state index is -3.23. The molecule has 114 valence electrons. The number of nitrogens with zero attached hydrogens (tertiary/aromatic N) is 3. The lowest BCUT2D eigenvalue weighted by atomic mass is 10.5. The van der Waals surface area contributed by atoms with Crippen LogP contribution in [0.1, 0.15) is 12.7 Å². The highest BCUT2D eigenvalue weighted by Gasteiger charge is 2.13. The molecule has 0 saturated carbocycles. The van der Waals surface area contributed by atoms with E-state index >= 15 is 0 Å². The summed E-state index contributed by atoms with van der Waals surface area (Å²) in [7, 11) is -0.235. The number of aromatic nitrogens is 2. The van der Waals surface area contributed by atoms with Gasteiger partial charge in [0.05, 0.1) is 5.75 Å². The molecule has 0 aromatic carbocycles. The maximum absolute atomic E-state index is 11.6. The Kier molecular flexibility index (Phi) is 6.11. The van der Waals surface area contributed by atoms with Gasteiger partial charge < -0.3 is 15.8 Å². The summed E-state index contributed by atoms with van der Waals surface area (Å²) in [6, 6.07) is 1.55. The fourth-order valence-corrected chi connectivity index (χ4v) is 2.08. The van der Waals surface area contributed by atoms with Crippen molar-refractivity contribution in [2.24, 2.45) is 0 Å². The Bertz CT molecular complexity index is 533. The van der Waals surface area contributed by atoms with Crippen LogP contribution in [0.2, 0.25) is 0 Å². The fraction of sp³-hybridized carbons (Fsp3) is 0.636. The van der Waals surface area contributed by atoms with Crippen molar-refractivity contribution >= 4 is 21.7 Å². The van der Waals surface area contributed by atoms with E-state index in [1.807, 2.05) is 6.92 Å². The van der Waals surface area contributed by atoms with E-state index < -0.39 is 10.0 Å². The number of nitrogen functional groups attached to an aromatic ring is 1. The molecule has 0 radical (unpaired) electrons. The zero-order valence-electron chi connectivity index (χ0n) is 12.0. The van der Waals surface area contributed by atoms with Gasteiger partial charge in [0.25, 0.3) is 0 Å². The third kappa shape index (κ3) is 5.27. The van der Waals surface area contributed by atoms with Gasteiger partial charge in [0.2, 0.25) is 10.0 Å². The Morgan fingerprint density at radius 2 is 2.10 bits per heavy atom. The van der Waals surface area contributed by atoms with Gasteiger partial charge in [-0.05, 0) is 6.92 Å². The second-order valence-corrected chi connectivity index (χ2v) is 6.56. The normalized spacial score (nSPS) is 11.8. The first-order valence-electron chi connectivity index (χ1n) is 6.20. The molecule has 1 heterocycles. The minimum absolute atomic E-state index is 0.0231. The van der Waals surface area contributed by atoms with Crippen LogP contribution >= 0.6 is 0 Å². The summed E-state index contributed by atoms with van der Waals surface area (Å²) in [5, 5.41) is 2.92. The molecule has 20 heavy (non-hydrogen) atoms. The first kappa shape index (κ1) is 16.6. The molecule has 0 bridgehead atoms. The van der Waals surface area contributed by atoms with E-state index in [9.17, 15) is 8.42 Å². The molecule has 0 spiro atoms. The van der Waals surface area contributed by atoms with Crippen LogP contribution in [0.5, 0.6) is 0 Å². The lowest BCUT2D eigenvalue weighted by molar-refractivity contribution is 0.128. The van der Waals surface area contributed by atoms with Gasteiger partial charge >= 0.3 is 0 Å². The lowest BCUT2D eigenvalue weighted by Gasteiger charge is -2.12. The molecule has 3 N–H and O–H groups in total. The summed E-state index contributed by atoms with van der Waals surface area (Å²) in [6.07, 6.45) is 0. The van der Waals surface area contributed by atoms with Gasteiger partial charge in [0, 0.05) is 33.3 Å². The maximum Gasteiger partial charge on any atom is 0.215 e. The second-order valence-electron chi connectivity index (χ2n) is 4.26. The average Bonchev–Trinajstić information content (AvgIpc) is 2.35. The molecule has 8 nitrogen and oxygen atoms in total. The minimum Gasteiger partial charge on any atom is -0.384 e. The van der Waals surface area contributed by atoms with Crippen LogP contribution < -0.4 is 11.1 Å². The van der Waals surface area contributed by atoms with Crippen molar-refractivity contribution in [3.05, 3.63) is 11.9 Å². The summed E-state index contributed by atoms with van der Waals surface area (Å²) in [5.74, 6) is 1.24. The van der Waals surface area contributed by atoms with Crippen molar-refractivity contribution in [2.75, 3.05) is 44.1 Å². The number of nitrogens with two attached hydrogens (primary N) is 1. The van der Waals surface area contributed by atoms with Gasteiger partial charge in [-0.25, -0.2) is 22.7 Å². The monoisotopic (exact) mass is 303 g/mol. The van der Waals surface area contributed by atoms with Gasteiger partial charge in [-0.3, -0.25) is 0 Å². The molecular formula is C11H21N5O3S. The van der Waals surface area contributed by atoms with E-state index in [0.717, 1.165) is 0 Å². The van der Waals surface area contributed by atoms with Crippen molar-refractivity contribution in [1.29, 1.82) is 0 Å². The SMILES string of the molecule is CCOCc1nc(N)cc(NCCS(=O)(=O)N(C)C)n1. The van der Waals surface area contributed by atoms with Crippen molar-refractivity contribution < 1.29 is 13.2 Å². The van der Waals surface area contributed by atoms with E-state index in [0.29, 0.717) is 24.1 Å². The summed E-state index contributed by atoms with van der Waals surface area (Å²) in [4.78, 5) is 8.23. The second kappa shape index (κ2) is 7.36. The van der Waals surface area contributed by atoms with E-state index in [-0.39, 0.29) is 18.9 Å². The summed E-state index contributed by atoms with van der Waals surface area (Å²) in [5.41, 5.74) is 5.66. The molecule has 1 rings (SSSR count). The number of sulfonamides is 1. The molecule has 9 heteroatoms. The average molecular weight is 303 g/mol. The largest absolute Gasteiger partial charge is 0.384 e. The van der Waals surface area contributed by atoms with Crippen LogP contribution in [0.15, 0.2) is 6.07 Å². The van der Waals surface area contributed by atoms with Crippen LogP contribution in [0.3, 0.4) is 0 Å². The van der Waals surface area contributed by atoms with Crippen molar-refractivity contribution in [2.45, 2.75) is 13.5 Å². The number of hydrogen-bond donors (Lipinski definition) is 2. The molecule has 0 fully saturated rings. The number of ether oxygens (including phenoxy) is 1.